The van der Waals surface area contributed by atoms with Crippen molar-refractivity contribution >= 4 is 50.0 Å². The number of hydrogen-bond donors (Lipinski definition) is 2. The maximum atomic E-state index is 12.6. The van der Waals surface area contributed by atoms with Crippen LogP contribution in [0.2, 0.25) is 5.02 Å². The SMILES string of the molecule is COc1ccc(CNC(=O)c2ccc(Cl)c(NC3=N[C@@H]4CS(=O)(=O)C[C@H]4S3)c2)cc1. The molecule has 0 spiro atoms. The average molecular weight is 466 g/mol. The predicted octanol–water partition coefficient (Wildman–Crippen LogP) is 2.96. The van der Waals surface area contributed by atoms with E-state index in [4.69, 9.17) is 16.3 Å². The highest BCUT2D eigenvalue weighted by atomic mass is 35.5. The van der Waals surface area contributed by atoms with Crippen molar-refractivity contribution in [2.45, 2.75) is 17.8 Å². The van der Waals surface area contributed by atoms with Crippen molar-refractivity contribution in [3.8, 4) is 5.75 Å². The smallest absolute Gasteiger partial charge is 0.251 e. The van der Waals surface area contributed by atoms with E-state index in [1.165, 1.54) is 11.8 Å². The van der Waals surface area contributed by atoms with Gasteiger partial charge >= 0.3 is 0 Å². The van der Waals surface area contributed by atoms with Crippen molar-refractivity contribution < 1.29 is 17.9 Å². The Morgan fingerprint density at radius 1 is 1.23 bits per heavy atom. The molecule has 0 radical (unpaired) electrons. The van der Waals surface area contributed by atoms with Crippen molar-refractivity contribution in [2.24, 2.45) is 4.99 Å². The van der Waals surface area contributed by atoms with Crippen molar-refractivity contribution in [3.05, 3.63) is 58.6 Å². The van der Waals surface area contributed by atoms with Gasteiger partial charge in [0.1, 0.15) is 5.75 Å². The van der Waals surface area contributed by atoms with Crippen LogP contribution in [0.1, 0.15) is 15.9 Å². The molecular weight excluding hydrogens is 446 g/mol. The van der Waals surface area contributed by atoms with Crippen LogP contribution < -0.4 is 15.4 Å². The molecule has 2 aromatic rings. The first-order chi connectivity index (χ1) is 14.3. The first-order valence-electron chi connectivity index (χ1n) is 9.25. The third-order valence-electron chi connectivity index (χ3n) is 4.90. The van der Waals surface area contributed by atoms with Gasteiger partial charge in [0.05, 0.1) is 35.4 Å². The molecule has 2 aliphatic rings. The third kappa shape index (κ3) is 4.74. The van der Waals surface area contributed by atoms with Crippen LogP contribution in [0.4, 0.5) is 5.69 Å². The number of anilines is 1. The fourth-order valence-corrected chi connectivity index (χ4v) is 7.15. The van der Waals surface area contributed by atoms with Gasteiger partial charge in [-0.3, -0.25) is 9.79 Å². The van der Waals surface area contributed by atoms with Gasteiger partial charge in [0.15, 0.2) is 15.0 Å². The summed E-state index contributed by atoms with van der Waals surface area (Å²) in [6, 6.07) is 12.2. The minimum atomic E-state index is -3.00. The molecule has 158 valence electrons. The number of methoxy groups -OCH3 is 1. The Labute approximate surface area is 184 Å². The minimum Gasteiger partial charge on any atom is -0.497 e. The first kappa shape index (κ1) is 21.0. The number of carbonyl (C=O) groups is 1. The van der Waals surface area contributed by atoms with Gasteiger partial charge in [-0.25, -0.2) is 8.42 Å². The van der Waals surface area contributed by atoms with E-state index in [2.05, 4.69) is 15.6 Å². The number of amidine groups is 1. The number of amides is 1. The Morgan fingerprint density at radius 2 is 2.00 bits per heavy atom. The lowest BCUT2D eigenvalue weighted by Gasteiger charge is -2.11. The Bertz CT molecular complexity index is 1100. The number of halogens is 1. The zero-order chi connectivity index (χ0) is 21.3. The highest BCUT2D eigenvalue weighted by Crippen LogP contribution is 2.35. The highest BCUT2D eigenvalue weighted by molar-refractivity contribution is 8.15. The summed E-state index contributed by atoms with van der Waals surface area (Å²) in [5.41, 5.74) is 1.97. The van der Waals surface area contributed by atoms with Gasteiger partial charge in [-0.1, -0.05) is 35.5 Å². The molecule has 0 aromatic heterocycles. The van der Waals surface area contributed by atoms with E-state index in [9.17, 15) is 13.2 Å². The first-order valence-corrected chi connectivity index (χ1v) is 12.3. The number of thioether (sulfide) groups is 1. The average Bonchev–Trinajstić information content (AvgIpc) is 3.20. The Morgan fingerprint density at radius 3 is 2.70 bits per heavy atom. The number of sulfone groups is 1. The van der Waals surface area contributed by atoms with Crippen LogP contribution >= 0.6 is 23.4 Å². The lowest BCUT2D eigenvalue weighted by molar-refractivity contribution is 0.0951. The van der Waals surface area contributed by atoms with E-state index in [1.807, 2.05) is 24.3 Å². The quantitative estimate of drug-likeness (QED) is 0.704. The second-order valence-corrected chi connectivity index (χ2v) is 10.9. The van der Waals surface area contributed by atoms with Crippen molar-refractivity contribution in [2.75, 3.05) is 23.9 Å². The number of rotatable bonds is 5. The summed E-state index contributed by atoms with van der Waals surface area (Å²) in [6.45, 7) is 0.384. The molecule has 0 unspecified atom stereocenters. The summed E-state index contributed by atoms with van der Waals surface area (Å²) < 4.78 is 28.5. The normalized spacial score (nSPS) is 21.6. The minimum absolute atomic E-state index is 0.0627. The lowest BCUT2D eigenvalue weighted by atomic mass is 10.1. The Balaban J connectivity index is 1.41. The van der Waals surface area contributed by atoms with Gasteiger partial charge in [-0.15, -0.1) is 0 Å². The number of hydrogen-bond acceptors (Lipinski definition) is 7. The fraction of sp³-hybridized carbons (Fsp3) is 0.300. The van der Waals surface area contributed by atoms with E-state index in [1.54, 1.807) is 25.3 Å². The molecule has 1 fully saturated rings. The van der Waals surface area contributed by atoms with Gasteiger partial charge in [0.2, 0.25) is 0 Å². The van der Waals surface area contributed by atoms with Gasteiger partial charge in [-0.05, 0) is 35.9 Å². The second kappa shape index (κ2) is 8.49. The van der Waals surface area contributed by atoms with Crippen LogP contribution in [-0.2, 0) is 16.4 Å². The molecule has 4 rings (SSSR count). The van der Waals surface area contributed by atoms with E-state index >= 15 is 0 Å². The lowest BCUT2D eigenvalue weighted by Crippen LogP contribution is -2.23. The molecule has 2 heterocycles. The van der Waals surface area contributed by atoms with E-state index in [-0.39, 0.29) is 28.7 Å². The molecule has 2 aliphatic heterocycles. The number of aliphatic imine (C=N–C) groups is 1. The Kier molecular flexibility index (Phi) is 5.95. The number of nitrogens with zero attached hydrogens (tertiary/aromatic N) is 1. The van der Waals surface area contributed by atoms with E-state index < -0.39 is 9.84 Å². The largest absolute Gasteiger partial charge is 0.497 e. The van der Waals surface area contributed by atoms with E-state index in [0.717, 1.165) is 11.3 Å². The number of carbonyl (C=O) groups excluding carboxylic acids is 1. The second-order valence-electron chi connectivity index (χ2n) is 7.09. The summed E-state index contributed by atoms with van der Waals surface area (Å²) in [5.74, 6) is 0.748. The van der Waals surface area contributed by atoms with Crippen LogP contribution in [-0.4, -0.2) is 49.4 Å². The predicted molar refractivity (Wildman–Crippen MR) is 120 cm³/mol. The van der Waals surface area contributed by atoms with Crippen molar-refractivity contribution in [3.63, 3.8) is 0 Å². The summed E-state index contributed by atoms with van der Waals surface area (Å²) in [4.78, 5) is 17.0. The molecule has 2 N–H and O–H groups in total. The fourth-order valence-electron chi connectivity index (χ4n) is 3.32. The monoisotopic (exact) mass is 465 g/mol. The maximum absolute atomic E-state index is 12.6. The molecule has 2 atom stereocenters. The molecule has 0 aliphatic carbocycles. The van der Waals surface area contributed by atoms with Crippen LogP contribution in [0, 0.1) is 0 Å². The number of ether oxygens (including phenoxy) is 1. The molecule has 1 amide bonds. The number of fused-ring (bicyclic) bond motifs is 1. The number of benzene rings is 2. The molecule has 0 bridgehead atoms. The summed E-state index contributed by atoms with van der Waals surface area (Å²) in [6.07, 6.45) is 0. The zero-order valence-corrected chi connectivity index (χ0v) is 18.5. The van der Waals surface area contributed by atoms with Gasteiger partial charge < -0.3 is 15.4 Å². The van der Waals surface area contributed by atoms with Gasteiger partial charge in [0.25, 0.3) is 5.91 Å². The van der Waals surface area contributed by atoms with Crippen LogP contribution in [0.15, 0.2) is 47.5 Å². The molecular formula is C20H20ClN3O4S2. The standard InChI is InChI=1S/C20H20ClN3O4S2/c1-28-14-5-2-12(3-6-14)9-22-19(25)13-4-7-15(21)16(8-13)23-20-24-17-10-30(26,27)11-18(17)29-20/h2-8,17-18H,9-11H2,1H3,(H,22,25)(H,23,24)/t17-,18-/m1/s1. The highest BCUT2D eigenvalue weighted by Gasteiger charge is 2.42. The third-order valence-corrected chi connectivity index (χ3v) is 8.37. The summed E-state index contributed by atoms with van der Waals surface area (Å²) in [5, 5.41) is 7.03. The van der Waals surface area contributed by atoms with Gasteiger partial charge in [-0.2, -0.15) is 0 Å². The maximum Gasteiger partial charge on any atom is 0.251 e. The molecule has 2 aromatic carbocycles. The van der Waals surface area contributed by atoms with E-state index in [0.29, 0.717) is 28.0 Å². The number of nitrogens with one attached hydrogen (secondary N) is 2. The summed E-state index contributed by atoms with van der Waals surface area (Å²) >= 11 is 7.68. The molecule has 0 saturated carbocycles. The van der Waals surface area contributed by atoms with Gasteiger partial charge in [0, 0.05) is 17.4 Å². The molecule has 1 saturated heterocycles. The molecule has 30 heavy (non-hydrogen) atoms. The molecule has 10 heteroatoms. The Hall–Kier alpha value is -2.23. The van der Waals surface area contributed by atoms with Crippen molar-refractivity contribution in [1.82, 2.24) is 5.32 Å². The zero-order valence-electron chi connectivity index (χ0n) is 16.1. The van der Waals surface area contributed by atoms with Crippen molar-refractivity contribution in [1.29, 1.82) is 0 Å². The van der Waals surface area contributed by atoms with Crippen LogP contribution in [0.3, 0.4) is 0 Å². The molecule has 7 nitrogen and oxygen atoms in total. The van der Waals surface area contributed by atoms with Crippen LogP contribution in [0.25, 0.3) is 0 Å². The summed E-state index contributed by atoms with van der Waals surface area (Å²) in [7, 11) is -1.40. The van der Waals surface area contributed by atoms with Crippen LogP contribution in [0.5, 0.6) is 5.75 Å². The topological polar surface area (TPSA) is 96.9 Å².